The van der Waals surface area contributed by atoms with Gasteiger partial charge in [-0.3, -0.25) is 0 Å². The molecule has 3 aromatic heterocycles. The number of fused-ring (bicyclic) bond motifs is 3. The summed E-state index contributed by atoms with van der Waals surface area (Å²) in [4.78, 5) is 10.9. The third-order valence-corrected chi connectivity index (χ3v) is 2.42. The van der Waals surface area contributed by atoms with E-state index in [1.807, 2.05) is 6.07 Å². The van der Waals surface area contributed by atoms with Gasteiger partial charge in [-0.2, -0.15) is 5.26 Å². The fraction of sp³-hybridized carbons (Fsp3) is 0. The summed E-state index contributed by atoms with van der Waals surface area (Å²) >= 11 is 0. The zero-order valence-electron chi connectivity index (χ0n) is 8.03. The zero-order valence-corrected chi connectivity index (χ0v) is 8.03. The molecule has 1 N–H and O–H groups in total. The van der Waals surface area contributed by atoms with Crippen LogP contribution in [0.2, 0.25) is 0 Å². The lowest BCUT2D eigenvalue weighted by atomic mass is 10.2. The van der Waals surface area contributed by atoms with E-state index in [4.69, 9.17) is 5.26 Å². The second-order valence-electron chi connectivity index (χ2n) is 3.40. The first-order valence-corrected chi connectivity index (χ1v) is 4.61. The molecule has 0 aliphatic carbocycles. The zero-order chi connectivity index (χ0) is 11.1. The van der Waals surface area contributed by atoms with E-state index in [2.05, 4.69) is 15.0 Å². The van der Waals surface area contributed by atoms with Crippen molar-refractivity contribution in [2.45, 2.75) is 0 Å². The fourth-order valence-corrected chi connectivity index (χ4v) is 1.71. The molecule has 0 aromatic carbocycles. The van der Waals surface area contributed by atoms with E-state index in [-0.39, 0.29) is 0 Å². The highest BCUT2D eigenvalue weighted by molar-refractivity contribution is 6.05. The van der Waals surface area contributed by atoms with Crippen LogP contribution >= 0.6 is 0 Å². The molecule has 0 spiro atoms. The smallest absolute Gasteiger partial charge is 0.142 e. The van der Waals surface area contributed by atoms with Crippen molar-refractivity contribution in [3.63, 3.8) is 0 Å². The molecule has 0 radical (unpaired) electrons. The lowest BCUT2D eigenvalue weighted by Crippen LogP contribution is -1.80. The highest BCUT2D eigenvalue weighted by atomic mass is 19.1. The topological polar surface area (TPSA) is 65.4 Å². The van der Waals surface area contributed by atoms with Gasteiger partial charge < -0.3 is 4.98 Å². The SMILES string of the molecule is N#Cc1cc2c(cn1)[nH]c1ncc(F)cc12. The number of nitrogens with zero attached hydrogens (tertiary/aromatic N) is 3. The predicted molar refractivity (Wildman–Crippen MR) is 56.1 cm³/mol. The standard InChI is InChI=1S/C11H5FN4/c12-6-1-9-8-2-7(3-13)14-5-10(8)16-11(9)15-4-6/h1-2,4-5H,(H,15,16). The molecule has 76 valence electrons. The molecule has 3 heterocycles. The molecule has 5 heteroatoms. The minimum absolute atomic E-state index is 0.303. The lowest BCUT2D eigenvalue weighted by molar-refractivity contribution is 0.624. The second kappa shape index (κ2) is 3.00. The van der Waals surface area contributed by atoms with Crippen molar-refractivity contribution < 1.29 is 4.39 Å². The first-order chi connectivity index (χ1) is 7.78. The number of hydrogen-bond donors (Lipinski definition) is 1. The largest absolute Gasteiger partial charge is 0.338 e. The van der Waals surface area contributed by atoms with Crippen molar-refractivity contribution >= 4 is 21.9 Å². The van der Waals surface area contributed by atoms with Crippen molar-refractivity contribution in [3.05, 3.63) is 36.0 Å². The average molecular weight is 212 g/mol. The van der Waals surface area contributed by atoms with Gasteiger partial charge >= 0.3 is 0 Å². The average Bonchev–Trinajstić information content (AvgIpc) is 2.66. The normalized spacial score (nSPS) is 10.8. The van der Waals surface area contributed by atoms with Crippen LogP contribution in [0.5, 0.6) is 0 Å². The second-order valence-corrected chi connectivity index (χ2v) is 3.40. The van der Waals surface area contributed by atoms with E-state index >= 15 is 0 Å². The third-order valence-electron chi connectivity index (χ3n) is 2.42. The maximum absolute atomic E-state index is 13.1. The Bertz CT molecular complexity index is 739. The highest BCUT2D eigenvalue weighted by Gasteiger charge is 2.07. The van der Waals surface area contributed by atoms with Crippen LogP contribution in [-0.2, 0) is 0 Å². The van der Waals surface area contributed by atoms with Crippen molar-refractivity contribution in [3.8, 4) is 6.07 Å². The van der Waals surface area contributed by atoms with Crippen LogP contribution in [0.3, 0.4) is 0 Å². The third kappa shape index (κ3) is 1.13. The van der Waals surface area contributed by atoms with Crippen molar-refractivity contribution in [1.29, 1.82) is 5.26 Å². The summed E-state index contributed by atoms with van der Waals surface area (Å²) in [6, 6.07) is 4.96. The molecule has 0 saturated carbocycles. The first kappa shape index (κ1) is 8.80. The molecule has 4 nitrogen and oxygen atoms in total. The number of aromatic amines is 1. The molecule has 0 fully saturated rings. The molecule has 3 aromatic rings. The van der Waals surface area contributed by atoms with Crippen LogP contribution < -0.4 is 0 Å². The van der Waals surface area contributed by atoms with Gasteiger partial charge in [-0.15, -0.1) is 0 Å². The minimum Gasteiger partial charge on any atom is -0.338 e. The molecule has 16 heavy (non-hydrogen) atoms. The van der Waals surface area contributed by atoms with Gasteiger partial charge in [0.25, 0.3) is 0 Å². The molecule has 0 saturated heterocycles. The van der Waals surface area contributed by atoms with Gasteiger partial charge in [-0.1, -0.05) is 0 Å². The van der Waals surface area contributed by atoms with Gasteiger partial charge in [0.2, 0.25) is 0 Å². The number of hydrogen-bond acceptors (Lipinski definition) is 3. The first-order valence-electron chi connectivity index (χ1n) is 4.61. The summed E-state index contributed by atoms with van der Waals surface area (Å²) < 4.78 is 13.1. The summed E-state index contributed by atoms with van der Waals surface area (Å²) in [7, 11) is 0. The number of aromatic nitrogens is 3. The van der Waals surface area contributed by atoms with Crippen LogP contribution in [0.15, 0.2) is 24.5 Å². The summed E-state index contributed by atoms with van der Waals surface area (Å²) in [5.74, 6) is -0.399. The molecule has 3 rings (SSSR count). The quantitative estimate of drug-likeness (QED) is 0.620. The predicted octanol–water partition coefficient (Wildman–Crippen LogP) is 2.12. The van der Waals surface area contributed by atoms with Gasteiger partial charge in [0.15, 0.2) is 0 Å². The van der Waals surface area contributed by atoms with E-state index in [0.29, 0.717) is 16.7 Å². The molecule has 0 amide bonds. The van der Waals surface area contributed by atoms with Crippen LogP contribution in [0.25, 0.3) is 21.9 Å². The number of nitriles is 1. The van der Waals surface area contributed by atoms with Gasteiger partial charge in [0.05, 0.1) is 17.9 Å². The Balaban J connectivity index is 2.50. The van der Waals surface area contributed by atoms with Crippen molar-refractivity contribution in [2.24, 2.45) is 0 Å². The Labute approximate surface area is 89.4 Å². The van der Waals surface area contributed by atoms with Gasteiger partial charge in [-0.05, 0) is 12.1 Å². The minimum atomic E-state index is -0.399. The molecule has 0 unspecified atom stereocenters. The Hall–Kier alpha value is -2.48. The molecule has 0 aliphatic heterocycles. The number of halogens is 1. The molecule has 0 atom stereocenters. The summed E-state index contributed by atoms with van der Waals surface area (Å²) in [6.07, 6.45) is 2.70. The Morgan fingerprint density at radius 2 is 2.06 bits per heavy atom. The molecule has 0 bridgehead atoms. The lowest BCUT2D eigenvalue weighted by Gasteiger charge is -1.91. The van der Waals surface area contributed by atoms with E-state index in [9.17, 15) is 4.39 Å². The van der Waals surface area contributed by atoms with Crippen molar-refractivity contribution in [2.75, 3.05) is 0 Å². The number of rotatable bonds is 0. The molecule has 0 aliphatic rings. The van der Waals surface area contributed by atoms with Crippen LogP contribution in [-0.4, -0.2) is 15.0 Å². The Morgan fingerprint density at radius 3 is 2.88 bits per heavy atom. The highest BCUT2D eigenvalue weighted by Crippen LogP contribution is 2.24. The Kier molecular flexibility index (Phi) is 1.65. The maximum atomic E-state index is 13.1. The number of nitrogens with one attached hydrogen (secondary N) is 1. The van der Waals surface area contributed by atoms with E-state index in [1.165, 1.54) is 6.07 Å². The van der Waals surface area contributed by atoms with Gasteiger partial charge in [0, 0.05) is 10.8 Å². The summed E-state index contributed by atoms with van der Waals surface area (Å²) in [5.41, 5.74) is 1.64. The van der Waals surface area contributed by atoms with E-state index < -0.39 is 5.82 Å². The summed E-state index contributed by atoms with van der Waals surface area (Å²) in [5, 5.41) is 10.2. The van der Waals surface area contributed by atoms with Crippen LogP contribution in [0.4, 0.5) is 4.39 Å². The van der Waals surface area contributed by atoms with Crippen LogP contribution in [0, 0.1) is 17.1 Å². The number of pyridine rings is 2. The Morgan fingerprint density at radius 1 is 1.19 bits per heavy atom. The van der Waals surface area contributed by atoms with E-state index in [1.54, 1.807) is 12.3 Å². The molecular formula is C11H5FN4. The van der Waals surface area contributed by atoms with E-state index in [0.717, 1.165) is 17.1 Å². The monoisotopic (exact) mass is 212 g/mol. The van der Waals surface area contributed by atoms with Gasteiger partial charge in [0.1, 0.15) is 23.2 Å². The summed E-state index contributed by atoms with van der Waals surface area (Å²) in [6.45, 7) is 0. The van der Waals surface area contributed by atoms with Crippen LogP contribution in [0.1, 0.15) is 5.69 Å². The fourth-order valence-electron chi connectivity index (χ4n) is 1.71. The van der Waals surface area contributed by atoms with Crippen molar-refractivity contribution in [1.82, 2.24) is 15.0 Å². The maximum Gasteiger partial charge on any atom is 0.142 e. The number of H-pyrrole nitrogens is 1. The van der Waals surface area contributed by atoms with Gasteiger partial charge in [-0.25, -0.2) is 14.4 Å². The molecular weight excluding hydrogens is 207 g/mol.